The lowest BCUT2D eigenvalue weighted by molar-refractivity contribution is -0.149. The summed E-state index contributed by atoms with van der Waals surface area (Å²) in [4.78, 5) is 16.9. The first-order valence-electron chi connectivity index (χ1n) is 8.31. The van der Waals surface area contributed by atoms with Crippen LogP contribution in [-0.2, 0) is 9.53 Å². The second kappa shape index (κ2) is 7.07. The summed E-state index contributed by atoms with van der Waals surface area (Å²) in [7, 11) is 3.61. The highest BCUT2D eigenvalue weighted by molar-refractivity contribution is 5.80. The molecule has 1 heterocycles. The van der Waals surface area contributed by atoms with Crippen molar-refractivity contribution in [3.8, 4) is 0 Å². The Morgan fingerprint density at radius 1 is 1.43 bits per heavy atom. The van der Waals surface area contributed by atoms with Gasteiger partial charge in [0.25, 0.3) is 0 Å². The van der Waals surface area contributed by atoms with E-state index in [-0.39, 0.29) is 5.97 Å². The third-order valence-corrected chi connectivity index (χ3v) is 5.38. The van der Waals surface area contributed by atoms with Gasteiger partial charge in [-0.15, -0.1) is 0 Å². The molecule has 1 aliphatic carbocycles. The first kappa shape index (κ1) is 16.7. The lowest BCUT2D eigenvalue weighted by atomic mass is 9.79. The molecule has 5 heteroatoms. The van der Waals surface area contributed by atoms with Crippen LogP contribution in [0.1, 0.15) is 45.4 Å². The number of hydrogen-bond donors (Lipinski definition) is 1. The average Bonchev–Trinajstić information content (AvgIpc) is 2.93. The molecular weight excluding hydrogens is 266 g/mol. The van der Waals surface area contributed by atoms with Gasteiger partial charge in [0.2, 0.25) is 0 Å². The van der Waals surface area contributed by atoms with Crippen molar-refractivity contribution in [1.29, 1.82) is 0 Å². The van der Waals surface area contributed by atoms with Crippen LogP contribution in [0.2, 0.25) is 0 Å². The number of carbonyl (C=O) groups is 1. The molecule has 0 aromatic carbocycles. The highest BCUT2D eigenvalue weighted by Gasteiger charge is 2.41. The van der Waals surface area contributed by atoms with Gasteiger partial charge in [0.05, 0.1) is 7.11 Å². The van der Waals surface area contributed by atoms with Gasteiger partial charge in [0.15, 0.2) is 0 Å². The fourth-order valence-corrected chi connectivity index (χ4v) is 4.04. The van der Waals surface area contributed by atoms with Crippen LogP contribution < -0.4 is 5.73 Å². The summed E-state index contributed by atoms with van der Waals surface area (Å²) in [6, 6.07) is 1.05. The van der Waals surface area contributed by atoms with Gasteiger partial charge in [-0.05, 0) is 58.7 Å². The largest absolute Gasteiger partial charge is 0.468 e. The Balaban J connectivity index is 1.93. The molecule has 2 fully saturated rings. The molecule has 1 saturated heterocycles. The van der Waals surface area contributed by atoms with E-state index in [0.29, 0.717) is 12.1 Å². The van der Waals surface area contributed by atoms with Crippen molar-refractivity contribution in [2.45, 2.75) is 63.1 Å². The van der Waals surface area contributed by atoms with E-state index >= 15 is 0 Å². The Morgan fingerprint density at radius 2 is 2.19 bits per heavy atom. The number of methoxy groups -OCH3 is 1. The summed E-state index contributed by atoms with van der Waals surface area (Å²) in [6.07, 6.45) is 6.19. The molecule has 0 radical (unpaired) electrons. The molecule has 1 saturated carbocycles. The van der Waals surface area contributed by atoms with E-state index in [0.717, 1.165) is 38.8 Å². The number of rotatable bonds is 5. The maximum atomic E-state index is 11.9. The highest BCUT2D eigenvalue weighted by Crippen LogP contribution is 2.30. The summed E-state index contributed by atoms with van der Waals surface area (Å²) in [5, 5.41) is 0. The van der Waals surface area contributed by atoms with Gasteiger partial charge in [0.1, 0.15) is 5.54 Å². The second-order valence-electron chi connectivity index (χ2n) is 6.76. The van der Waals surface area contributed by atoms with E-state index in [9.17, 15) is 4.79 Å². The average molecular weight is 297 g/mol. The molecule has 0 bridgehead atoms. The summed E-state index contributed by atoms with van der Waals surface area (Å²) in [5.74, 6) is -0.253. The second-order valence-corrected chi connectivity index (χ2v) is 6.76. The third kappa shape index (κ3) is 3.76. The van der Waals surface area contributed by atoms with Crippen molar-refractivity contribution in [3.05, 3.63) is 0 Å². The lowest BCUT2D eigenvalue weighted by Crippen LogP contribution is -2.56. The van der Waals surface area contributed by atoms with Crippen molar-refractivity contribution in [2.24, 2.45) is 5.73 Å². The number of carbonyl (C=O) groups excluding carboxylic acids is 1. The van der Waals surface area contributed by atoms with Crippen LogP contribution in [0, 0.1) is 0 Å². The molecule has 2 N–H and O–H groups in total. The van der Waals surface area contributed by atoms with Crippen LogP contribution in [0.3, 0.4) is 0 Å². The van der Waals surface area contributed by atoms with Gasteiger partial charge in [-0.25, -0.2) is 0 Å². The predicted octanol–water partition coefficient (Wildman–Crippen LogP) is 1.22. The van der Waals surface area contributed by atoms with E-state index in [1.165, 1.54) is 26.5 Å². The van der Waals surface area contributed by atoms with Crippen LogP contribution in [-0.4, -0.2) is 67.2 Å². The fraction of sp³-hybridized carbons (Fsp3) is 0.938. The summed E-state index contributed by atoms with van der Waals surface area (Å²) >= 11 is 0. The minimum atomic E-state index is -0.786. The number of nitrogens with zero attached hydrogens (tertiary/aromatic N) is 2. The predicted molar refractivity (Wildman–Crippen MR) is 84.1 cm³/mol. The number of ether oxygens (including phenoxy) is 1. The first-order chi connectivity index (χ1) is 10.00. The molecule has 21 heavy (non-hydrogen) atoms. The van der Waals surface area contributed by atoms with Gasteiger partial charge in [-0.2, -0.15) is 0 Å². The van der Waals surface area contributed by atoms with Crippen LogP contribution >= 0.6 is 0 Å². The first-order valence-corrected chi connectivity index (χ1v) is 8.31. The fourth-order valence-electron chi connectivity index (χ4n) is 4.04. The molecule has 0 aromatic heterocycles. The lowest BCUT2D eigenvalue weighted by Gasteiger charge is -2.41. The van der Waals surface area contributed by atoms with E-state index in [1.54, 1.807) is 0 Å². The Hall–Kier alpha value is -0.650. The molecule has 2 aliphatic rings. The minimum absolute atomic E-state index is 0.253. The summed E-state index contributed by atoms with van der Waals surface area (Å²) in [6.45, 7) is 5.67. The number of hydrogen-bond acceptors (Lipinski definition) is 5. The molecule has 3 unspecified atom stereocenters. The maximum Gasteiger partial charge on any atom is 0.325 e. The van der Waals surface area contributed by atoms with Crippen molar-refractivity contribution in [1.82, 2.24) is 9.80 Å². The minimum Gasteiger partial charge on any atom is -0.468 e. The Bertz CT molecular complexity index is 363. The topological polar surface area (TPSA) is 58.8 Å². The van der Waals surface area contributed by atoms with Gasteiger partial charge >= 0.3 is 5.97 Å². The molecule has 5 nitrogen and oxygen atoms in total. The Kier molecular flexibility index (Phi) is 5.63. The zero-order valence-electron chi connectivity index (χ0n) is 13.8. The van der Waals surface area contributed by atoms with Crippen LogP contribution in [0.5, 0.6) is 0 Å². The Morgan fingerprint density at radius 3 is 2.86 bits per heavy atom. The van der Waals surface area contributed by atoms with Crippen molar-refractivity contribution >= 4 is 5.97 Å². The van der Waals surface area contributed by atoms with Crippen LogP contribution in [0.25, 0.3) is 0 Å². The Labute approximate surface area is 128 Å². The summed E-state index contributed by atoms with van der Waals surface area (Å²) in [5.41, 5.74) is 5.51. The van der Waals surface area contributed by atoms with E-state index in [4.69, 9.17) is 10.5 Å². The number of likely N-dealkylation sites (N-methyl/N-ethyl adjacent to an activating group) is 2. The maximum absolute atomic E-state index is 11.9. The van der Waals surface area contributed by atoms with Gasteiger partial charge in [0, 0.05) is 18.6 Å². The van der Waals surface area contributed by atoms with Crippen LogP contribution in [0.15, 0.2) is 0 Å². The zero-order valence-corrected chi connectivity index (χ0v) is 13.8. The molecule has 0 aromatic rings. The third-order valence-electron chi connectivity index (χ3n) is 5.38. The standard InChI is InChI=1S/C16H31N3O2/c1-4-19-10-6-8-14(19)12-18(2)13-7-5-9-16(17,11-13)15(20)21-3/h13-14H,4-12,17H2,1-3H3. The monoisotopic (exact) mass is 297 g/mol. The van der Waals surface area contributed by atoms with Gasteiger partial charge in [-0.1, -0.05) is 6.92 Å². The number of nitrogens with two attached hydrogens (primary N) is 1. The quantitative estimate of drug-likeness (QED) is 0.773. The van der Waals surface area contributed by atoms with Gasteiger partial charge < -0.3 is 15.4 Å². The smallest absolute Gasteiger partial charge is 0.325 e. The van der Waals surface area contributed by atoms with Gasteiger partial charge in [-0.3, -0.25) is 9.69 Å². The van der Waals surface area contributed by atoms with E-state index in [1.807, 2.05) is 0 Å². The molecule has 0 amide bonds. The van der Waals surface area contributed by atoms with Crippen molar-refractivity contribution in [3.63, 3.8) is 0 Å². The number of esters is 1. The van der Waals surface area contributed by atoms with E-state index < -0.39 is 5.54 Å². The summed E-state index contributed by atoms with van der Waals surface area (Å²) < 4.78 is 4.90. The molecular formula is C16H31N3O2. The molecule has 3 atom stereocenters. The van der Waals surface area contributed by atoms with Crippen molar-refractivity contribution < 1.29 is 9.53 Å². The highest BCUT2D eigenvalue weighted by atomic mass is 16.5. The van der Waals surface area contributed by atoms with Crippen molar-refractivity contribution in [2.75, 3.05) is 33.8 Å². The zero-order chi connectivity index (χ0) is 15.5. The molecule has 1 aliphatic heterocycles. The number of likely N-dealkylation sites (tertiary alicyclic amines) is 1. The SMILES string of the molecule is CCN1CCCC1CN(C)C1CCCC(N)(C(=O)OC)C1. The van der Waals surface area contributed by atoms with E-state index in [2.05, 4.69) is 23.8 Å². The molecule has 2 rings (SSSR count). The normalized spacial score (nSPS) is 34.3. The molecule has 122 valence electrons. The molecule has 0 spiro atoms. The van der Waals surface area contributed by atoms with Crippen LogP contribution in [0.4, 0.5) is 0 Å².